The van der Waals surface area contributed by atoms with Gasteiger partial charge in [0.2, 0.25) is 0 Å². The number of aliphatic imine (C=N–C) groups is 2. The maximum absolute atomic E-state index is 13.8. The third-order valence-corrected chi connectivity index (χ3v) is 21.5. The number of rotatable bonds is 12. The summed E-state index contributed by atoms with van der Waals surface area (Å²) < 4.78 is 93.1. The van der Waals surface area contributed by atoms with E-state index in [2.05, 4.69) is 12.1 Å². The molecule has 10 rings (SSSR count). The number of benzene rings is 6. The topological polar surface area (TPSA) is 209 Å². The maximum atomic E-state index is 13.8. The molecular formula is C62H60N8O6S6. The molecule has 2 aliphatic rings. The van der Waals surface area contributed by atoms with E-state index < -0.39 is 51.5 Å². The third kappa shape index (κ3) is 11.5. The first-order valence-corrected chi connectivity index (χ1v) is 33.5. The number of fused-ring (bicyclic) bond motifs is 4. The van der Waals surface area contributed by atoms with Crippen molar-refractivity contribution in [3.63, 3.8) is 0 Å². The summed E-state index contributed by atoms with van der Waals surface area (Å²) in [4.78, 5) is 11.9. The zero-order valence-electron chi connectivity index (χ0n) is 47.4. The molecule has 4 heterocycles. The van der Waals surface area contributed by atoms with E-state index in [0.29, 0.717) is 85.4 Å². The number of thioether (sulfide) groups is 2. The second-order valence-electron chi connectivity index (χ2n) is 21.9. The van der Waals surface area contributed by atoms with Gasteiger partial charge in [-0.2, -0.15) is 19.3 Å². The zero-order chi connectivity index (χ0) is 59.4. The minimum Gasteiger partial charge on any atom is -0.251 e. The minimum absolute atomic E-state index is 0.196. The molecule has 0 spiro atoms. The number of nitriles is 2. The first kappa shape index (κ1) is 59.6. The van der Waals surface area contributed by atoms with E-state index in [0.717, 1.165) is 48.9 Å². The lowest BCUT2D eigenvalue weighted by Gasteiger charge is -2.18. The van der Waals surface area contributed by atoms with E-state index in [1.54, 1.807) is 91.3 Å². The van der Waals surface area contributed by atoms with Crippen LogP contribution in [-0.2, 0) is 54.9 Å². The molecule has 2 aromatic heterocycles. The molecule has 0 aliphatic carbocycles. The van der Waals surface area contributed by atoms with E-state index in [-0.39, 0.29) is 9.79 Å². The third-order valence-electron chi connectivity index (χ3n) is 13.8. The molecule has 0 saturated heterocycles. The highest BCUT2D eigenvalue weighted by Gasteiger charge is 2.33. The molecule has 420 valence electrons. The van der Waals surface area contributed by atoms with E-state index in [1.165, 1.54) is 31.5 Å². The Kier molecular flexibility index (Phi) is 16.7. The average molecular weight is 1210 g/mol. The Balaban J connectivity index is 0.000000198. The van der Waals surface area contributed by atoms with Crippen molar-refractivity contribution in [2.75, 3.05) is 12.5 Å². The molecule has 0 bridgehead atoms. The Labute approximate surface area is 493 Å². The zero-order valence-corrected chi connectivity index (χ0v) is 52.3. The van der Waals surface area contributed by atoms with Gasteiger partial charge in [0.05, 0.1) is 76.4 Å². The second-order valence-corrected chi connectivity index (χ2v) is 31.0. The van der Waals surface area contributed by atoms with Crippen molar-refractivity contribution in [3.05, 3.63) is 177 Å². The van der Waals surface area contributed by atoms with Gasteiger partial charge in [0, 0.05) is 56.9 Å². The first-order chi connectivity index (χ1) is 38.7. The Bertz CT molecular complexity index is 4450. The number of aryl methyl sites for hydroxylation is 4. The Morgan fingerprint density at radius 2 is 0.951 bits per heavy atom. The average Bonchev–Trinajstić information content (AvgIpc) is 3.03. The predicted molar refractivity (Wildman–Crippen MR) is 337 cm³/mol. The van der Waals surface area contributed by atoms with Crippen molar-refractivity contribution in [1.82, 2.24) is 7.94 Å². The fourth-order valence-corrected chi connectivity index (χ4v) is 15.0. The summed E-state index contributed by atoms with van der Waals surface area (Å²) in [6.07, 6.45) is 7.91. The minimum atomic E-state index is -3.89. The van der Waals surface area contributed by atoms with Gasteiger partial charge in [-0.15, -0.1) is 23.5 Å². The maximum Gasteiger partial charge on any atom is 0.268 e. The van der Waals surface area contributed by atoms with Crippen molar-refractivity contribution < 1.29 is 25.3 Å². The number of hydrogen-bond acceptors (Lipinski definition) is 12. The second kappa shape index (κ2) is 23.0. The molecule has 2 unspecified atom stereocenters. The molecule has 82 heavy (non-hydrogen) atoms. The van der Waals surface area contributed by atoms with Crippen LogP contribution in [0.15, 0.2) is 160 Å². The summed E-state index contributed by atoms with van der Waals surface area (Å²) in [6, 6.07) is 36.1. The molecule has 0 saturated carbocycles. The van der Waals surface area contributed by atoms with Crippen LogP contribution < -0.4 is 0 Å². The molecule has 0 amide bonds. The van der Waals surface area contributed by atoms with Crippen LogP contribution in [0.4, 0.5) is 11.4 Å². The molecule has 0 radical (unpaired) electrons. The van der Waals surface area contributed by atoms with Crippen LogP contribution in [0.3, 0.4) is 0 Å². The van der Waals surface area contributed by atoms with Crippen LogP contribution in [-0.4, -0.2) is 78.1 Å². The molecule has 6 aromatic carbocycles. The van der Waals surface area contributed by atoms with Crippen molar-refractivity contribution in [2.45, 2.75) is 111 Å². The van der Waals surface area contributed by atoms with Gasteiger partial charge in [0.15, 0.2) is 0 Å². The van der Waals surface area contributed by atoms with E-state index in [4.69, 9.17) is 18.8 Å². The lowest BCUT2D eigenvalue weighted by atomic mass is 9.97. The molecule has 0 N–H and O–H groups in total. The normalized spacial score (nSPS) is 14.6. The Morgan fingerprint density at radius 1 is 0.549 bits per heavy atom. The summed E-state index contributed by atoms with van der Waals surface area (Å²) in [7, 11) is -11.0. The largest absolute Gasteiger partial charge is 0.268 e. The van der Waals surface area contributed by atoms with Crippen LogP contribution in [0.2, 0.25) is 0 Å². The number of hydrogen-bond donors (Lipinski definition) is 0. The first-order valence-electron chi connectivity index (χ1n) is 26.0. The molecule has 0 fully saturated rings. The molecule has 2 atom stereocenters. The summed E-state index contributed by atoms with van der Waals surface area (Å²) in [5, 5.41) is 20.2. The Morgan fingerprint density at radius 3 is 1.37 bits per heavy atom. The van der Waals surface area contributed by atoms with Crippen LogP contribution in [0.25, 0.3) is 21.8 Å². The van der Waals surface area contributed by atoms with Gasteiger partial charge in [-0.3, -0.25) is 9.98 Å². The van der Waals surface area contributed by atoms with Gasteiger partial charge in [0.25, 0.3) is 20.0 Å². The lowest BCUT2D eigenvalue weighted by Crippen LogP contribution is -2.25. The van der Waals surface area contributed by atoms with Crippen molar-refractivity contribution in [2.24, 2.45) is 18.8 Å². The summed E-state index contributed by atoms with van der Waals surface area (Å²) >= 11 is 3.03. The lowest BCUT2D eigenvalue weighted by molar-refractivity contribution is 0.587. The number of aromatic nitrogens is 2. The van der Waals surface area contributed by atoms with Crippen molar-refractivity contribution in [1.29, 1.82) is 10.5 Å². The van der Waals surface area contributed by atoms with Crippen LogP contribution in [0, 0.1) is 50.4 Å². The van der Waals surface area contributed by atoms with E-state index in [1.807, 2.05) is 112 Å². The van der Waals surface area contributed by atoms with E-state index in [9.17, 15) is 35.8 Å². The molecular weight excluding hydrogens is 1150 g/mol. The van der Waals surface area contributed by atoms with Crippen molar-refractivity contribution >= 4 is 122 Å². The summed E-state index contributed by atoms with van der Waals surface area (Å²) in [6.45, 7) is 18.8. The van der Waals surface area contributed by atoms with Crippen molar-refractivity contribution in [3.8, 4) is 12.1 Å². The van der Waals surface area contributed by atoms with Gasteiger partial charge >= 0.3 is 0 Å². The Hall–Kier alpha value is -7.04. The standard InChI is InChI=1S/2C31H30N4O3S3/c1-19-7-11-23(12-8-19)41(37,38)35-14-13-24-28(27(39-6)15-20(2)30(24)35)29(34-40(36)31(3,4)5)26-17-22-10-9-21(18-32)16-25(22)33-26;1-19-7-10-23(11-8-19)41(37,38)35-14-13-24-28(27(39-6)15-20(2)30(24)35)29(34-40(36)31(3,4)5)26-17-22-16-21(18-32)9-12-25(22)33-26/h2*7-16H,17H2,1-6H3. The smallest absolute Gasteiger partial charge is 0.251 e. The number of nitrogens with zero attached hydrogens (tertiary/aromatic N) is 8. The van der Waals surface area contributed by atoms with Crippen LogP contribution in [0.5, 0.6) is 0 Å². The SMILES string of the molecule is CSc1cc(C)c2c(ccn2S(=O)(=O)c2ccc(C)cc2)c1C(=NS(=O)C(C)(C)C)C1=Nc2cc(C#N)ccc2C1.CSc1cc(C)c2c(ccn2S(=O)(=O)c2ccc(C)cc2)c1C(=NS(=O)C(C)(C)C)C1=Nc2ccc(C#N)cc2C1. The monoisotopic (exact) mass is 1200 g/mol. The fourth-order valence-electron chi connectivity index (χ4n) is 9.52. The highest BCUT2D eigenvalue weighted by molar-refractivity contribution is 7.99. The molecule has 2 aliphatic heterocycles. The van der Waals surface area contributed by atoms with Crippen LogP contribution in [0.1, 0.15) is 97.2 Å². The van der Waals surface area contributed by atoms with Crippen LogP contribution >= 0.6 is 23.5 Å². The molecule has 8 aromatic rings. The van der Waals surface area contributed by atoms with Gasteiger partial charge in [-0.1, -0.05) is 41.5 Å². The summed E-state index contributed by atoms with van der Waals surface area (Å²) in [5.41, 5.74) is 12.5. The highest BCUT2D eigenvalue weighted by atomic mass is 32.2. The quantitative estimate of drug-likeness (QED) is 0.0834. The van der Waals surface area contributed by atoms with Gasteiger partial charge in [-0.25, -0.2) is 33.2 Å². The predicted octanol–water partition coefficient (Wildman–Crippen LogP) is 13.3. The highest BCUT2D eigenvalue weighted by Crippen LogP contribution is 2.40. The van der Waals surface area contributed by atoms with Gasteiger partial charge in [0.1, 0.15) is 33.4 Å². The van der Waals surface area contributed by atoms with E-state index >= 15 is 0 Å². The van der Waals surface area contributed by atoms with Gasteiger partial charge < -0.3 is 0 Å². The fraction of sp³-hybridized carbons (Fsp3) is 0.258. The van der Waals surface area contributed by atoms with Gasteiger partial charge in [-0.05, 0) is 183 Å². The molecule has 20 heteroatoms. The summed E-state index contributed by atoms with van der Waals surface area (Å²) in [5.74, 6) is 0. The molecule has 14 nitrogen and oxygen atoms in total.